The molecule has 1 aromatic heterocycles. The molecule has 0 amide bonds. The van der Waals surface area contributed by atoms with Crippen LogP contribution in [0.5, 0.6) is 0 Å². The standard InChI is InChI=1S/C12H13N3O2S/c1-17-12(16)10-4-8(2-3-11(10)13)15-6-9-5-14-7-18-9/h2-5,7,15H,6,13H2,1H3. The molecule has 1 aromatic carbocycles. The van der Waals surface area contributed by atoms with E-state index in [9.17, 15) is 4.79 Å². The Morgan fingerprint density at radius 3 is 3.06 bits per heavy atom. The normalized spacial score (nSPS) is 10.1. The van der Waals surface area contributed by atoms with Crippen LogP contribution in [-0.2, 0) is 11.3 Å². The van der Waals surface area contributed by atoms with E-state index in [2.05, 4.69) is 15.0 Å². The molecule has 0 aliphatic heterocycles. The highest BCUT2D eigenvalue weighted by atomic mass is 32.1. The Labute approximate surface area is 109 Å². The Hall–Kier alpha value is -2.08. The van der Waals surface area contributed by atoms with Crippen molar-refractivity contribution in [1.29, 1.82) is 0 Å². The fourth-order valence-electron chi connectivity index (χ4n) is 1.47. The van der Waals surface area contributed by atoms with Gasteiger partial charge in [-0.1, -0.05) is 0 Å². The van der Waals surface area contributed by atoms with Gasteiger partial charge in [-0.2, -0.15) is 0 Å². The number of ether oxygens (including phenoxy) is 1. The molecule has 0 spiro atoms. The van der Waals surface area contributed by atoms with E-state index in [4.69, 9.17) is 5.73 Å². The van der Waals surface area contributed by atoms with Gasteiger partial charge < -0.3 is 15.8 Å². The molecule has 1 heterocycles. The van der Waals surface area contributed by atoms with Crippen molar-refractivity contribution < 1.29 is 9.53 Å². The van der Waals surface area contributed by atoms with Gasteiger partial charge in [-0.3, -0.25) is 4.98 Å². The van der Waals surface area contributed by atoms with Gasteiger partial charge in [0.25, 0.3) is 0 Å². The molecular weight excluding hydrogens is 250 g/mol. The zero-order chi connectivity index (χ0) is 13.0. The minimum atomic E-state index is -0.436. The van der Waals surface area contributed by atoms with E-state index in [0.717, 1.165) is 10.6 Å². The number of nitrogen functional groups attached to an aromatic ring is 1. The van der Waals surface area contributed by atoms with Crippen LogP contribution in [0.4, 0.5) is 11.4 Å². The van der Waals surface area contributed by atoms with Crippen LogP contribution >= 0.6 is 11.3 Å². The van der Waals surface area contributed by atoms with Crippen molar-refractivity contribution in [2.75, 3.05) is 18.2 Å². The quantitative estimate of drug-likeness (QED) is 0.652. The van der Waals surface area contributed by atoms with E-state index in [1.165, 1.54) is 7.11 Å². The van der Waals surface area contributed by atoms with E-state index >= 15 is 0 Å². The molecule has 94 valence electrons. The molecule has 2 rings (SSSR count). The van der Waals surface area contributed by atoms with Crippen molar-refractivity contribution >= 4 is 28.7 Å². The van der Waals surface area contributed by atoms with Crippen molar-refractivity contribution in [2.45, 2.75) is 6.54 Å². The number of hydrogen-bond acceptors (Lipinski definition) is 6. The maximum atomic E-state index is 11.5. The van der Waals surface area contributed by atoms with E-state index < -0.39 is 5.97 Å². The van der Waals surface area contributed by atoms with Gasteiger partial charge in [0.15, 0.2) is 0 Å². The molecule has 0 atom stereocenters. The smallest absolute Gasteiger partial charge is 0.340 e. The molecule has 6 heteroatoms. The number of hydrogen-bond donors (Lipinski definition) is 2. The largest absolute Gasteiger partial charge is 0.465 e. The lowest BCUT2D eigenvalue weighted by Crippen LogP contribution is -2.07. The van der Waals surface area contributed by atoms with Gasteiger partial charge >= 0.3 is 5.97 Å². The summed E-state index contributed by atoms with van der Waals surface area (Å²) in [6.07, 6.45) is 1.80. The summed E-state index contributed by atoms with van der Waals surface area (Å²) in [6.45, 7) is 0.662. The molecular formula is C12H13N3O2S. The molecule has 5 nitrogen and oxygen atoms in total. The number of nitrogens with one attached hydrogen (secondary N) is 1. The highest BCUT2D eigenvalue weighted by Crippen LogP contribution is 2.19. The summed E-state index contributed by atoms with van der Waals surface area (Å²) in [6, 6.07) is 5.19. The van der Waals surface area contributed by atoms with E-state index in [1.54, 1.807) is 35.2 Å². The number of carbonyl (C=O) groups excluding carboxylic acids is 1. The second kappa shape index (κ2) is 5.50. The molecule has 18 heavy (non-hydrogen) atoms. The van der Waals surface area contributed by atoms with Crippen LogP contribution in [0.3, 0.4) is 0 Å². The summed E-state index contributed by atoms with van der Waals surface area (Å²) in [5.74, 6) is -0.436. The molecule has 0 unspecified atom stereocenters. The Bertz CT molecular complexity index is 540. The lowest BCUT2D eigenvalue weighted by Gasteiger charge is -2.08. The van der Waals surface area contributed by atoms with Crippen LogP contribution in [0, 0.1) is 0 Å². The number of anilines is 2. The van der Waals surface area contributed by atoms with Gasteiger partial charge in [-0.05, 0) is 18.2 Å². The molecule has 2 aromatic rings. The first-order valence-corrected chi connectivity index (χ1v) is 6.17. The average Bonchev–Trinajstić information content (AvgIpc) is 2.90. The Kier molecular flexibility index (Phi) is 3.78. The summed E-state index contributed by atoms with van der Waals surface area (Å²) < 4.78 is 4.67. The molecule has 0 fully saturated rings. The van der Waals surface area contributed by atoms with E-state index in [0.29, 0.717) is 17.8 Å². The molecule has 3 N–H and O–H groups in total. The minimum absolute atomic E-state index is 0.367. The summed E-state index contributed by atoms with van der Waals surface area (Å²) in [7, 11) is 1.33. The first-order valence-electron chi connectivity index (χ1n) is 5.30. The van der Waals surface area contributed by atoms with Crippen molar-refractivity contribution in [3.05, 3.63) is 40.3 Å². The molecule has 0 saturated carbocycles. The van der Waals surface area contributed by atoms with Crippen molar-refractivity contribution in [3.63, 3.8) is 0 Å². The van der Waals surface area contributed by atoms with Gasteiger partial charge in [0.1, 0.15) is 0 Å². The minimum Gasteiger partial charge on any atom is -0.465 e. The zero-order valence-corrected chi connectivity index (χ0v) is 10.7. The van der Waals surface area contributed by atoms with Crippen LogP contribution in [0.25, 0.3) is 0 Å². The van der Waals surface area contributed by atoms with Crippen LogP contribution in [0.2, 0.25) is 0 Å². The van der Waals surface area contributed by atoms with Gasteiger partial charge in [-0.15, -0.1) is 11.3 Å². The SMILES string of the molecule is COC(=O)c1cc(NCc2cncs2)ccc1N. The van der Waals surface area contributed by atoms with Crippen LogP contribution in [0.15, 0.2) is 29.9 Å². The second-order valence-corrected chi connectivity index (χ2v) is 4.59. The highest BCUT2D eigenvalue weighted by Gasteiger charge is 2.10. The molecule has 0 bridgehead atoms. The predicted octanol–water partition coefficient (Wildman–Crippen LogP) is 2.12. The number of benzene rings is 1. The maximum Gasteiger partial charge on any atom is 0.340 e. The molecule has 0 aliphatic carbocycles. The van der Waals surface area contributed by atoms with Gasteiger partial charge in [-0.25, -0.2) is 4.79 Å². The highest BCUT2D eigenvalue weighted by molar-refractivity contribution is 7.09. The molecule has 0 saturated heterocycles. The van der Waals surface area contributed by atoms with Crippen LogP contribution in [-0.4, -0.2) is 18.1 Å². The molecule has 0 aliphatic rings. The maximum absolute atomic E-state index is 11.5. The number of nitrogens with zero attached hydrogens (tertiary/aromatic N) is 1. The number of thiazole rings is 1. The van der Waals surface area contributed by atoms with Crippen molar-refractivity contribution in [1.82, 2.24) is 4.98 Å². The number of rotatable bonds is 4. The summed E-state index contributed by atoms with van der Waals surface area (Å²) >= 11 is 1.57. The monoisotopic (exact) mass is 263 g/mol. The lowest BCUT2D eigenvalue weighted by atomic mass is 10.1. The first kappa shape index (κ1) is 12.4. The van der Waals surface area contributed by atoms with Crippen LogP contribution < -0.4 is 11.1 Å². The van der Waals surface area contributed by atoms with E-state index in [1.807, 2.05) is 6.07 Å². The summed E-state index contributed by atoms with van der Waals surface area (Å²) in [5.41, 5.74) is 9.09. The third-order valence-electron chi connectivity index (χ3n) is 2.41. The number of carbonyl (C=O) groups is 1. The van der Waals surface area contributed by atoms with Crippen molar-refractivity contribution in [2.24, 2.45) is 0 Å². The van der Waals surface area contributed by atoms with Crippen molar-refractivity contribution in [3.8, 4) is 0 Å². The fraction of sp³-hybridized carbons (Fsp3) is 0.167. The third-order valence-corrected chi connectivity index (χ3v) is 3.19. The average molecular weight is 263 g/mol. The third kappa shape index (κ3) is 2.78. The van der Waals surface area contributed by atoms with Gasteiger partial charge in [0, 0.05) is 22.4 Å². The fourth-order valence-corrected chi connectivity index (χ4v) is 2.01. The summed E-state index contributed by atoms with van der Waals surface area (Å²) in [5, 5.41) is 3.20. The van der Waals surface area contributed by atoms with Gasteiger partial charge in [0.2, 0.25) is 0 Å². The predicted molar refractivity (Wildman–Crippen MR) is 71.6 cm³/mol. The number of esters is 1. The first-order chi connectivity index (χ1) is 8.70. The Morgan fingerprint density at radius 1 is 1.56 bits per heavy atom. The lowest BCUT2D eigenvalue weighted by molar-refractivity contribution is 0.0602. The Morgan fingerprint density at radius 2 is 2.39 bits per heavy atom. The van der Waals surface area contributed by atoms with Crippen LogP contribution in [0.1, 0.15) is 15.2 Å². The molecule has 0 radical (unpaired) electrons. The van der Waals surface area contributed by atoms with Gasteiger partial charge in [0.05, 0.1) is 24.7 Å². The van der Waals surface area contributed by atoms with E-state index in [-0.39, 0.29) is 0 Å². The number of nitrogens with two attached hydrogens (primary N) is 1. The zero-order valence-electron chi connectivity index (χ0n) is 9.84. The second-order valence-electron chi connectivity index (χ2n) is 3.61. The Balaban J connectivity index is 2.12. The topological polar surface area (TPSA) is 77.2 Å². The number of aromatic nitrogens is 1. The summed E-state index contributed by atoms with van der Waals surface area (Å²) in [4.78, 5) is 16.6. The number of methoxy groups -OCH3 is 1.